The average Bonchev–Trinajstić information content (AvgIpc) is 3.26. The number of carboxylic acid groups (broad SMARTS) is 1. The van der Waals surface area contributed by atoms with E-state index in [1.165, 1.54) is 0 Å². The molecule has 1 aliphatic heterocycles. The first kappa shape index (κ1) is 27.3. The van der Waals surface area contributed by atoms with Crippen molar-refractivity contribution in [1.82, 2.24) is 21.3 Å². The van der Waals surface area contributed by atoms with Gasteiger partial charge in [0.15, 0.2) is 0 Å². The quantitative estimate of drug-likeness (QED) is 0.211. The number of nitrogens with two attached hydrogens (primary N) is 1. The van der Waals surface area contributed by atoms with Crippen LogP contribution in [0.2, 0.25) is 0 Å². The van der Waals surface area contributed by atoms with Gasteiger partial charge >= 0.3 is 5.97 Å². The summed E-state index contributed by atoms with van der Waals surface area (Å²) in [4.78, 5) is 60.8. The summed E-state index contributed by atoms with van der Waals surface area (Å²) < 4.78 is 0. The van der Waals surface area contributed by atoms with Crippen LogP contribution in [-0.2, 0) is 24.0 Å². The Morgan fingerprint density at radius 1 is 1.03 bits per heavy atom. The Labute approximate surface area is 188 Å². The van der Waals surface area contributed by atoms with Gasteiger partial charge in [-0.15, -0.1) is 0 Å². The highest BCUT2D eigenvalue weighted by atomic mass is 16.4. The lowest BCUT2D eigenvalue weighted by molar-refractivity contribution is -0.143. The topological polar surface area (TPSA) is 180 Å². The molecule has 32 heavy (non-hydrogen) atoms. The molecule has 1 saturated heterocycles. The third-order valence-electron chi connectivity index (χ3n) is 5.71. The zero-order chi connectivity index (χ0) is 24.4. The van der Waals surface area contributed by atoms with E-state index in [0.29, 0.717) is 12.8 Å². The van der Waals surface area contributed by atoms with E-state index in [1.807, 2.05) is 13.8 Å². The third kappa shape index (κ3) is 8.45. The fourth-order valence-corrected chi connectivity index (χ4v) is 3.45. The Kier molecular flexibility index (Phi) is 11.1. The molecule has 1 fully saturated rings. The molecule has 7 N–H and O–H groups in total. The minimum Gasteiger partial charge on any atom is -0.480 e. The van der Waals surface area contributed by atoms with Gasteiger partial charge in [-0.25, -0.2) is 4.79 Å². The molecule has 4 amide bonds. The summed E-state index contributed by atoms with van der Waals surface area (Å²) in [6, 6.07) is -3.52. The largest absolute Gasteiger partial charge is 0.480 e. The Bertz CT molecular complexity index is 692. The first-order valence-electron chi connectivity index (χ1n) is 11.1. The molecule has 1 rings (SSSR count). The lowest BCUT2D eigenvalue weighted by Crippen LogP contribution is -2.59. The van der Waals surface area contributed by atoms with Crippen molar-refractivity contribution in [3.8, 4) is 0 Å². The van der Waals surface area contributed by atoms with Gasteiger partial charge in [0.2, 0.25) is 23.6 Å². The van der Waals surface area contributed by atoms with E-state index in [9.17, 15) is 29.1 Å². The summed E-state index contributed by atoms with van der Waals surface area (Å²) in [6.45, 7) is 7.90. The monoisotopic (exact) mass is 455 g/mol. The first-order valence-corrected chi connectivity index (χ1v) is 11.1. The molecular formula is C21H37N5O6. The fourth-order valence-electron chi connectivity index (χ4n) is 3.45. The summed E-state index contributed by atoms with van der Waals surface area (Å²) >= 11 is 0. The van der Waals surface area contributed by atoms with Crippen molar-refractivity contribution in [2.45, 2.75) is 84.0 Å². The molecular weight excluding hydrogens is 418 g/mol. The standard InChI is InChI=1S/C21H37N5O6/c1-5-12(4)17(26-18(28)13-7-6-10-23-13)20(30)25-16(11(2)3)19(29)24-14(21(31)32)8-9-15(22)27/h11-14,16-17,23H,5-10H2,1-4H3,(H2,22,27)(H,24,29)(H,25,30)(H,26,28)(H,31,32)/t12-,13-,14-,16-,17-/m0/s1. The summed E-state index contributed by atoms with van der Waals surface area (Å²) in [5.41, 5.74) is 5.06. The van der Waals surface area contributed by atoms with Crippen LogP contribution in [0, 0.1) is 11.8 Å². The van der Waals surface area contributed by atoms with Crippen LogP contribution in [0.4, 0.5) is 0 Å². The minimum absolute atomic E-state index is 0.158. The maximum absolute atomic E-state index is 13.0. The van der Waals surface area contributed by atoms with Crippen molar-refractivity contribution in [2.75, 3.05) is 6.54 Å². The van der Waals surface area contributed by atoms with Gasteiger partial charge in [-0.05, 0) is 37.6 Å². The molecule has 1 heterocycles. The van der Waals surface area contributed by atoms with E-state index in [1.54, 1.807) is 13.8 Å². The van der Waals surface area contributed by atoms with Gasteiger partial charge < -0.3 is 32.1 Å². The smallest absolute Gasteiger partial charge is 0.326 e. The van der Waals surface area contributed by atoms with Gasteiger partial charge in [-0.1, -0.05) is 34.1 Å². The van der Waals surface area contributed by atoms with E-state index in [4.69, 9.17) is 5.73 Å². The SMILES string of the molecule is CC[C@H](C)[C@H](NC(=O)[C@@H]1CCCN1)C(=O)N[C@H](C(=O)N[C@@H](CCC(N)=O)C(=O)O)C(C)C. The molecule has 182 valence electrons. The van der Waals surface area contributed by atoms with E-state index in [2.05, 4.69) is 21.3 Å². The maximum atomic E-state index is 13.0. The number of carbonyl (C=O) groups is 5. The predicted octanol–water partition coefficient (Wildman–Crippen LogP) is -0.755. The Morgan fingerprint density at radius 3 is 2.12 bits per heavy atom. The van der Waals surface area contributed by atoms with Crippen LogP contribution in [0.5, 0.6) is 0 Å². The molecule has 0 aromatic heterocycles. The molecule has 1 aliphatic rings. The first-order chi connectivity index (χ1) is 15.0. The second-order valence-corrected chi connectivity index (χ2v) is 8.66. The molecule has 0 aromatic carbocycles. The zero-order valence-corrected chi connectivity index (χ0v) is 19.3. The second kappa shape index (κ2) is 13.0. The average molecular weight is 456 g/mol. The number of rotatable bonds is 13. The van der Waals surface area contributed by atoms with Gasteiger partial charge in [0.05, 0.1) is 6.04 Å². The van der Waals surface area contributed by atoms with Crippen molar-refractivity contribution in [3.63, 3.8) is 0 Å². The van der Waals surface area contributed by atoms with Crippen LogP contribution in [0.1, 0.15) is 59.8 Å². The van der Waals surface area contributed by atoms with E-state index >= 15 is 0 Å². The summed E-state index contributed by atoms with van der Waals surface area (Å²) in [6.07, 6.45) is 1.85. The minimum atomic E-state index is -1.31. The van der Waals surface area contributed by atoms with Crippen LogP contribution >= 0.6 is 0 Å². The Balaban J connectivity index is 2.89. The zero-order valence-electron chi connectivity index (χ0n) is 19.3. The number of nitrogens with one attached hydrogen (secondary N) is 4. The summed E-state index contributed by atoms with van der Waals surface area (Å²) in [7, 11) is 0. The van der Waals surface area contributed by atoms with Gasteiger partial charge in [0, 0.05) is 6.42 Å². The number of primary amides is 1. The molecule has 0 aliphatic carbocycles. The molecule has 0 aromatic rings. The van der Waals surface area contributed by atoms with Crippen LogP contribution in [0.15, 0.2) is 0 Å². The van der Waals surface area contributed by atoms with Crippen LogP contribution < -0.4 is 27.0 Å². The van der Waals surface area contributed by atoms with Crippen LogP contribution in [0.25, 0.3) is 0 Å². The molecule has 11 heteroatoms. The normalized spacial score (nSPS) is 19.5. The van der Waals surface area contributed by atoms with Gasteiger partial charge in [0.1, 0.15) is 18.1 Å². The number of hydrogen-bond donors (Lipinski definition) is 6. The lowest BCUT2D eigenvalue weighted by atomic mass is 9.96. The van der Waals surface area contributed by atoms with Gasteiger partial charge in [-0.3, -0.25) is 19.2 Å². The summed E-state index contributed by atoms with van der Waals surface area (Å²) in [5.74, 6) is -3.97. The number of amides is 4. The van der Waals surface area contributed by atoms with Crippen molar-refractivity contribution < 1.29 is 29.1 Å². The highest BCUT2D eigenvalue weighted by molar-refractivity contribution is 5.94. The van der Waals surface area contributed by atoms with E-state index in [-0.39, 0.29) is 36.6 Å². The third-order valence-corrected chi connectivity index (χ3v) is 5.71. The van der Waals surface area contributed by atoms with Crippen molar-refractivity contribution in [1.29, 1.82) is 0 Å². The Hall–Kier alpha value is -2.69. The predicted molar refractivity (Wildman–Crippen MR) is 117 cm³/mol. The van der Waals surface area contributed by atoms with Crippen LogP contribution in [-0.4, -0.2) is 65.4 Å². The molecule has 0 saturated carbocycles. The fraction of sp³-hybridized carbons (Fsp3) is 0.762. The molecule has 0 spiro atoms. The van der Waals surface area contributed by atoms with Crippen molar-refractivity contribution in [2.24, 2.45) is 17.6 Å². The number of hydrogen-bond acceptors (Lipinski definition) is 6. The second-order valence-electron chi connectivity index (χ2n) is 8.66. The molecule has 11 nitrogen and oxygen atoms in total. The number of carboxylic acids is 1. The number of carbonyl (C=O) groups excluding carboxylic acids is 4. The van der Waals surface area contributed by atoms with Crippen molar-refractivity contribution >= 4 is 29.6 Å². The molecule has 0 bridgehead atoms. The summed E-state index contributed by atoms with van der Waals surface area (Å²) in [5, 5.41) is 20.2. The Morgan fingerprint density at radius 2 is 1.66 bits per heavy atom. The van der Waals surface area contributed by atoms with Crippen molar-refractivity contribution in [3.05, 3.63) is 0 Å². The molecule has 5 atom stereocenters. The maximum Gasteiger partial charge on any atom is 0.326 e. The van der Waals surface area contributed by atoms with Gasteiger partial charge in [-0.2, -0.15) is 0 Å². The lowest BCUT2D eigenvalue weighted by Gasteiger charge is -2.29. The van der Waals surface area contributed by atoms with Gasteiger partial charge in [0.25, 0.3) is 0 Å². The molecule has 0 radical (unpaired) electrons. The van der Waals surface area contributed by atoms with E-state index in [0.717, 1.165) is 13.0 Å². The highest BCUT2D eigenvalue weighted by Crippen LogP contribution is 2.13. The van der Waals surface area contributed by atoms with Crippen LogP contribution in [0.3, 0.4) is 0 Å². The molecule has 0 unspecified atom stereocenters. The van der Waals surface area contributed by atoms with E-state index < -0.39 is 41.8 Å². The highest BCUT2D eigenvalue weighted by Gasteiger charge is 2.34. The number of aliphatic carboxylic acids is 1.